The Morgan fingerprint density at radius 2 is 2.00 bits per heavy atom. The van der Waals surface area contributed by atoms with Crippen LogP contribution in [-0.2, 0) is 14.3 Å². The van der Waals surface area contributed by atoms with Gasteiger partial charge < -0.3 is 19.3 Å². The normalized spacial score (nSPS) is 33.9. The van der Waals surface area contributed by atoms with Crippen molar-refractivity contribution in [2.45, 2.75) is 108 Å². The van der Waals surface area contributed by atoms with Crippen molar-refractivity contribution in [2.75, 3.05) is 33.4 Å². The van der Waals surface area contributed by atoms with Crippen LogP contribution in [0.3, 0.4) is 0 Å². The van der Waals surface area contributed by atoms with Crippen LogP contribution in [0.4, 0.5) is 22.0 Å². The number of halogens is 5. The Hall–Kier alpha value is -2.01. The summed E-state index contributed by atoms with van der Waals surface area (Å²) in [5, 5.41) is 0. The number of aliphatic imine (C=N–C) groups is 1. The molecule has 6 unspecified atom stereocenters. The smallest absolute Gasteiger partial charge is 0.379 e. The molecular formula is C31H44F5N3O3. The standard InChI is InChI=1S/C31H44F5N3O3/c1-20-6-7-23(15-37-16-26(20)31(34,35)36)38-17-25-12-24(38)18-39(25)29(40)30(14-28(32)33)10-8-21(13-30)4-3-5-22-9-11-42-19-27(22)41-2/h15-16,21-22,24-25,27-28H,3-14,17-19H2,1-2H3. The lowest BCUT2D eigenvalue weighted by Gasteiger charge is -2.41. The SMILES string of the molecule is COC1COCCC1CCCC1CCC(CC(F)F)(C(=O)N2CC3CC2CN3C2=CN=CC(C(F)(F)F)=C(C)CC2)C1. The van der Waals surface area contributed by atoms with Crippen LogP contribution in [0.15, 0.2) is 28.0 Å². The molecule has 0 N–H and O–H groups in total. The molecule has 0 aromatic heterocycles. The molecule has 1 amide bonds. The number of rotatable bonds is 9. The van der Waals surface area contributed by atoms with Crippen molar-refractivity contribution in [1.82, 2.24) is 9.80 Å². The molecule has 2 bridgehead atoms. The predicted octanol–water partition coefficient (Wildman–Crippen LogP) is 6.52. The van der Waals surface area contributed by atoms with Crippen molar-refractivity contribution < 1.29 is 36.2 Å². The summed E-state index contributed by atoms with van der Waals surface area (Å²) >= 11 is 0. The Labute approximate surface area is 245 Å². The second-order valence-corrected chi connectivity index (χ2v) is 13.1. The highest BCUT2D eigenvalue weighted by molar-refractivity contribution is 5.84. The second-order valence-electron chi connectivity index (χ2n) is 13.1. The van der Waals surface area contributed by atoms with E-state index in [1.54, 1.807) is 7.11 Å². The van der Waals surface area contributed by atoms with Gasteiger partial charge in [-0.1, -0.05) is 18.4 Å². The quantitative estimate of drug-likeness (QED) is 0.283. The van der Waals surface area contributed by atoms with Gasteiger partial charge in [0.15, 0.2) is 0 Å². The first-order valence-corrected chi connectivity index (χ1v) is 15.5. The van der Waals surface area contributed by atoms with Crippen LogP contribution in [0.1, 0.15) is 77.6 Å². The topological polar surface area (TPSA) is 54.4 Å². The van der Waals surface area contributed by atoms with E-state index in [4.69, 9.17) is 9.47 Å². The van der Waals surface area contributed by atoms with Gasteiger partial charge in [-0.2, -0.15) is 13.2 Å². The Morgan fingerprint density at radius 1 is 1.19 bits per heavy atom. The van der Waals surface area contributed by atoms with E-state index in [-0.39, 0.29) is 42.0 Å². The maximum absolute atomic E-state index is 14.0. The zero-order valence-electron chi connectivity index (χ0n) is 24.7. The van der Waals surface area contributed by atoms with Crippen LogP contribution in [0.5, 0.6) is 0 Å². The minimum Gasteiger partial charge on any atom is -0.379 e. The lowest BCUT2D eigenvalue weighted by atomic mass is 9.79. The highest BCUT2D eigenvalue weighted by Gasteiger charge is 2.54. The molecule has 4 heterocycles. The van der Waals surface area contributed by atoms with Crippen molar-refractivity contribution in [1.29, 1.82) is 0 Å². The van der Waals surface area contributed by atoms with E-state index >= 15 is 0 Å². The highest BCUT2D eigenvalue weighted by Crippen LogP contribution is 2.50. The molecule has 5 aliphatic rings. The Bertz CT molecular complexity index is 1080. The number of alkyl halides is 5. The first-order valence-electron chi connectivity index (χ1n) is 15.5. The summed E-state index contributed by atoms with van der Waals surface area (Å²) < 4.78 is 78.8. The minimum atomic E-state index is -4.43. The number of methoxy groups -OCH3 is 1. The average molecular weight is 602 g/mol. The molecule has 4 fully saturated rings. The first kappa shape index (κ1) is 31.4. The molecule has 0 radical (unpaired) electrons. The summed E-state index contributed by atoms with van der Waals surface area (Å²) in [5.74, 6) is 0.589. The fourth-order valence-corrected chi connectivity index (χ4v) is 8.19. The lowest BCUT2D eigenvalue weighted by molar-refractivity contribution is -0.147. The van der Waals surface area contributed by atoms with E-state index < -0.39 is 30.0 Å². The zero-order chi connectivity index (χ0) is 30.1. The molecule has 236 valence electrons. The maximum atomic E-state index is 14.0. The van der Waals surface area contributed by atoms with E-state index in [2.05, 4.69) is 9.89 Å². The van der Waals surface area contributed by atoms with Crippen molar-refractivity contribution >= 4 is 12.1 Å². The Balaban J connectivity index is 1.19. The number of carbonyl (C=O) groups is 1. The van der Waals surface area contributed by atoms with E-state index in [1.807, 2.05) is 4.90 Å². The van der Waals surface area contributed by atoms with Gasteiger partial charge in [0.2, 0.25) is 12.3 Å². The summed E-state index contributed by atoms with van der Waals surface area (Å²) in [6.45, 7) is 3.88. The third kappa shape index (κ3) is 6.71. The molecule has 1 aliphatic carbocycles. The van der Waals surface area contributed by atoms with Gasteiger partial charge in [-0.25, -0.2) is 8.78 Å². The van der Waals surface area contributed by atoms with Gasteiger partial charge in [0, 0.05) is 57.4 Å². The van der Waals surface area contributed by atoms with E-state index in [0.29, 0.717) is 44.9 Å². The molecule has 4 aliphatic heterocycles. The molecule has 6 nitrogen and oxygen atoms in total. The van der Waals surface area contributed by atoms with Crippen LogP contribution in [0.25, 0.3) is 0 Å². The number of hydrogen-bond donors (Lipinski definition) is 0. The Morgan fingerprint density at radius 3 is 2.69 bits per heavy atom. The largest absolute Gasteiger partial charge is 0.417 e. The van der Waals surface area contributed by atoms with E-state index in [0.717, 1.165) is 57.0 Å². The van der Waals surface area contributed by atoms with Crippen LogP contribution in [-0.4, -0.2) is 86.1 Å². The molecular weight excluding hydrogens is 557 g/mol. The Kier molecular flexibility index (Phi) is 9.67. The molecule has 0 aromatic rings. The molecule has 11 heteroatoms. The average Bonchev–Trinajstić information content (AvgIpc) is 3.65. The third-order valence-electron chi connectivity index (χ3n) is 10.5. The molecule has 3 saturated heterocycles. The molecule has 6 atom stereocenters. The monoisotopic (exact) mass is 601 g/mol. The first-order chi connectivity index (χ1) is 20.0. The van der Waals surface area contributed by atoms with Crippen LogP contribution in [0, 0.1) is 17.3 Å². The number of allylic oxidation sites excluding steroid dienone is 3. The minimum absolute atomic E-state index is 0.0280. The predicted molar refractivity (Wildman–Crippen MR) is 149 cm³/mol. The second kappa shape index (κ2) is 12.9. The molecule has 0 aromatic carbocycles. The van der Waals surface area contributed by atoms with Crippen LogP contribution >= 0.6 is 0 Å². The van der Waals surface area contributed by atoms with E-state index in [9.17, 15) is 26.7 Å². The zero-order valence-corrected chi connectivity index (χ0v) is 24.7. The number of nitrogens with zero attached hydrogens (tertiary/aromatic N) is 3. The van der Waals surface area contributed by atoms with Gasteiger partial charge in [-0.3, -0.25) is 9.79 Å². The van der Waals surface area contributed by atoms with Gasteiger partial charge in [0.05, 0.1) is 29.7 Å². The third-order valence-corrected chi connectivity index (χ3v) is 10.5. The van der Waals surface area contributed by atoms with Gasteiger partial charge in [-0.05, 0) is 70.1 Å². The van der Waals surface area contributed by atoms with Crippen molar-refractivity contribution in [3.05, 3.63) is 23.0 Å². The van der Waals surface area contributed by atoms with Gasteiger partial charge in [0.25, 0.3) is 0 Å². The molecule has 42 heavy (non-hydrogen) atoms. The van der Waals surface area contributed by atoms with Crippen molar-refractivity contribution in [3.8, 4) is 0 Å². The molecule has 0 spiro atoms. The number of amides is 1. The highest BCUT2D eigenvalue weighted by atomic mass is 19.4. The van der Waals surface area contributed by atoms with Crippen molar-refractivity contribution in [3.63, 3.8) is 0 Å². The van der Waals surface area contributed by atoms with Gasteiger partial charge in [-0.15, -0.1) is 0 Å². The summed E-state index contributed by atoms with van der Waals surface area (Å²) in [5.41, 5.74) is -0.579. The van der Waals surface area contributed by atoms with Crippen molar-refractivity contribution in [2.24, 2.45) is 22.2 Å². The van der Waals surface area contributed by atoms with Crippen LogP contribution in [0.2, 0.25) is 0 Å². The molecule has 5 rings (SSSR count). The van der Waals surface area contributed by atoms with Gasteiger partial charge >= 0.3 is 6.18 Å². The van der Waals surface area contributed by atoms with Gasteiger partial charge in [0.1, 0.15) is 0 Å². The summed E-state index contributed by atoms with van der Waals surface area (Å²) in [6.07, 6.45) is 2.36. The van der Waals surface area contributed by atoms with Crippen LogP contribution < -0.4 is 0 Å². The maximum Gasteiger partial charge on any atom is 0.417 e. The lowest BCUT2D eigenvalue weighted by Crippen LogP contribution is -2.53. The number of piperazine rings is 1. The van der Waals surface area contributed by atoms with E-state index in [1.165, 1.54) is 13.1 Å². The summed E-state index contributed by atoms with van der Waals surface area (Å²) in [7, 11) is 1.71. The summed E-state index contributed by atoms with van der Waals surface area (Å²) in [4.78, 5) is 22.0. The number of fused-ring (bicyclic) bond motifs is 2. The molecule has 1 saturated carbocycles. The summed E-state index contributed by atoms with van der Waals surface area (Å²) in [6, 6.07) is -0.0477. The number of hydrogen-bond acceptors (Lipinski definition) is 5. The number of likely N-dealkylation sites (tertiary alicyclic amines) is 2. The fourth-order valence-electron chi connectivity index (χ4n) is 8.19. The number of carbonyl (C=O) groups excluding carboxylic acids is 1. The number of ether oxygens (including phenoxy) is 2. The fraction of sp³-hybridized carbons (Fsp3) is 0.806.